The number of carbonyl (C=O) groups excluding carboxylic acids is 1. The van der Waals surface area contributed by atoms with Crippen molar-refractivity contribution in [1.82, 2.24) is 10.2 Å². The summed E-state index contributed by atoms with van der Waals surface area (Å²) in [7, 11) is 0. The summed E-state index contributed by atoms with van der Waals surface area (Å²) in [6.45, 7) is 6.33. The van der Waals surface area contributed by atoms with Gasteiger partial charge in [-0.15, -0.1) is 0 Å². The van der Waals surface area contributed by atoms with Crippen LogP contribution < -0.4 is 5.32 Å². The highest BCUT2D eigenvalue weighted by molar-refractivity contribution is 5.86. The van der Waals surface area contributed by atoms with E-state index >= 15 is 0 Å². The number of amides is 1. The van der Waals surface area contributed by atoms with Crippen LogP contribution in [0, 0.1) is 0 Å². The van der Waals surface area contributed by atoms with E-state index in [2.05, 4.69) is 17.1 Å². The number of phenolic OH excluding ortho intramolecular Hbond substituents is 1. The normalized spacial score (nSPS) is 24.2. The summed E-state index contributed by atoms with van der Waals surface area (Å²) < 4.78 is 0. The van der Waals surface area contributed by atoms with E-state index in [4.69, 9.17) is 0 Å². The van der Waals surface area contributed by atoms with Gasteiger partial charge in [-0.2, -0.15) is 0 Å². The Bertz CT molecular complexity index is 461. The molecule has 1 aromatic rings. The Kier molecular flexibility index (Phi) is 4.10. The Labute approximate surface area is 114 Å². The fourth-order valence-corrected chi connectivity index (χ4v) is 2.77. The zero-order valence-electron chi connectivity index (χ0n) is 11.6. The Balaban J connectivity index is 2.19. The number of piperazine rings is 1. The van der Waals surface area contributed by atoms with Crippen molar-refractivity contribution in [2.24, 2.45) is 0 Å². The molecule has 2 rings (SSSR count). The van der Waals surface area contributed by atoms with E-state index in [0.29, 0.717) is 13.1 Å². The summed E-state index contributed by atoms with van der Waals surface area (Å²) in [6.07, 6.45) is 1.82. The zero-order chi connectivity index (χ0) is 13.9. The Morgan fingerprint density at radius 1 is 1.47 bits per heavy atom. The molecule has 0 spiro atoms. The predicted molar refractivity (Wildman–Crippen MR) is 74.8 cm³/mol. The number of hydrogen-bond acceptors (Lipinski definition) is 3. The summed E-state index contributed by atoms with van der Waals surface area (Å²) in [6, 6.07) is 7.25. The van der Waals surface area contributed by atoms with Crippen LogP contribution >= 0.6 is 0 Å². The molecule has 0 radical (unpaired) electrons. The number of phenols is 1. The van der Waals surface area contributed by atoms with Crippen molar-refractivity contribution < 1.29 is 9.90 Å². The first-order valence-electron chi connectivity index (χ1n) is 6.87. The lowest BCUT2D eigenvalue weighted by Crippen LogP contribution is -2.62. The first-order valence-corrected chi connectivity index (χ1v) is 6.87. The molecule has 1 fully saturated rings. The van der Waals surface area contributed by atoms with Crippen LogP contribution in [0.5, 0.6) is 5.75 Å². The van der Waals surface area contributed by atoms with Gasteiger partial charge in [-0.05, 0) is 31.0 Å². The molecule has 4 nitrogen and oxygen atoms in total. The van der Waals surface area contributed by atoms with Crippen molar-refractivity contribution in [3.8, 4) is 5.75 Å². The summed E-state index contributed by atoms with van der Waals surface area (Å²) in [4.78, 5) is 14.4. The fraction of sp³-hybridized carbons (Fsp3) is 0.533. The van der Waals surface area contributed by atoms with Crippen LogP contribution in [-0.4, -0.2) is 34.5 Å². The van der Waals surface area contributed by atoms with Gasteiger partial charge in [0.15, 0.2) is 0 Å². The predicted octanol–water partition coefficient (Wildman–Crippen LogP) is 1.88. The number of aromatic hydroxyl groups is 1. The molecule has 1 heterocycles. The van der Waals surface area contributed by atoms with Gasteiger partial charge in [0.25, 0.3) is 0 Å². The van der Waals surface area contributed by atoms with E-state index in [-0.39, 0.29) is 11.7 Å². The number of rotatable bonds is 4. The average Bonchev–Trinajstić information content (AvgIpc) is 2.36. The van der Waals surface area contributed by atoms with Crippen LogP contribution in [0.25, 0.3) is 0 Å². The topological polar surface area (TPSA) is 52.6 Å². The van der Waals surface area contributed by atoms with E-state index in [1.54, 1.807) is 12.1 Å². The van der Waals surface area contributed by atoms with Crippen LogP contribution in [0.2, 0.25) is 0 Å². The summed E-state index contributed by atoms with van der Waals surface area (Å²) in [5, 5.41) is 12.5. The molecule has 0 bridgehead atoms. The van der Waals surface area contributed by atoms with Crippen molar-refractivity contribution in [1.29, 1.82) is 0 Å². The molecule has 0 aliphatic carbocycles. The highest BCUT2D eigenvalue weighted by Crippen LogP contribution is 2.26. The monoisotopic (exact) mass is 262 g/mol. The third-order valence-electron chi connectivity index (χ3n) is 3.88. The average molecular weight is 262 g/mol. The smallest absolute Gasteiger partial charge is 0.240 e. The molecule has 1 aliphatic rings. The molecule has 1 atom stereocenters. The largest absolute Gasteiger partial charge is 0.508 e. The van der Waals surface area contributed by atoms with Gasteiger partial charge in [0.2, 0.25) is 5.91 Å². The Morgan fingerprint density at radius 2 is 2.26 bits per heavy atom. The minimum atomic E-state index is -0.446. The molecule has 4 heteroatoms. The molecule has 2 N–H and O–H groups in total. The quantitative estimate of drug-likeness (QED) is 0.871. The molecule has 1 amide bonds. The van der Waals surface area contributed by atoms with Crippen molar-refractivity contribution >= 4 is 5.91 Å². The maximum absolute atomic E-state index is 12.2. The maximum atomic E-state index is 12.2. The van der Waals surface area contributed by atoms with Crippen LogP contribution in [0.1, 0.15) is 32.3 Å². The van der Waals surface area contributed by atoms with Crippen LogP contribution in [0.15, 0.2) is 24.3 Å². The van der Waals surface area contributed by atoms with Gasteiger partial charge < -0.3 is 10.4 Å². The first kappa shape index (κ1) is 13.9. The standard InChI is InChI=1S/C15H22N2O2/c1-3-7-15(2)14(19)16-8-9-17(15)11-12-5-4-6-13(18)10-12/h4-6,10,18H,3,7-9,11H2,1-2H3,(H,16,19)/t15-/m1/s1. The molecule has 1 aliphatic heterocycles. The molecule has 104 valence electrons. The highest BCUT2D eigenvalue weighted by atomic mass is 16.3. The molecular weight excluding hydrogens is 240 g/mol. The Morgan fingerprint density at radius 3 is 2.95 bits per heavy atom. The van der Waals surface area contributed by atoms with Gasteiger partial charge >= 0.3 is 0 Å². The SMILES string of the molecule is CCC[C@]1(C)C(=O)NCCN1Cc1cccc(O)c1. The highest BCUT2D eigenvalue weighted by Gasteiger charge is 2.40. The van der Waals surface area contributed by atoms with Gasteiger partial charge in [0.05, 0.1) is 5.54 Å². The second-order valence-corrected chi connectivity index (χ2v) is 5.37. The molecule has 1 saturated heterocycles. The zero-order valence-corrected chi connectivity index (χ0v) is 11.6. The third kappa shape index (κ3) is 2.89. The van der Waals surface area contributed by atoms with Gasteiger partial charge in [-0.3, -0.25) is 9.69 Å². The maximum Gasteiger partial charge on any atom is 0.240 e. The fourth-order valence-electron chi connectivity index (χ4n) is 2.77. The van der Waals surface area contributed by atoms with E-state index in [0.717, 1.165) is 24.9 Å². The van der Waals surface area contributed by atoms with E-state index in [1.165, 1.54) is 0 Å². The van der Waals surface area contributed by atoms with E-state index < -0.39 is 5.54 Å². The molecule has 19 heavy (non-hydrogen) atoms. The van der Waals surface area contributed by atoms with Crippen LogP contribution in [0.4, 0.5) is 0 Å². The molecule has 0 saturated carbocycles. The van der Waals surface area contributed by atoms with Crippen molar-refractivity contribution in [2.75, 3.05) is 13.1 Å². The van der Waals surface area contributed by atoms with Gasteiger partial charge in [0.1, 0.15) is 5.75 Å². The number of benzene rings is 1. The number of hydrogen-bond donors (Lipinski definition) is 2. The lowest BCUT2D eigenvalue weighted by Gasteiger charge is -2.43. The minimum Gasteiger partial charge on any atom is -0.508 e. The number of carbonyl (C=O) groups is 1. The third-order valence-corrected chi connectivity index (χ3v) is 3.88. The summed E-state index contributed by atoms with van der Waals surface area (Å²) in [5.74, 6) is 0.386. The molecular formula is C15H22N2O2. The van der Waals surface area contributed by atoms with Gasteiger partial charge in [-0.1, -0.05) is 25.5 Å². The van der Waals surface area contributed by atoms with Crippen molar-refractivity contribution in [3.63, 3.8) is 0 Å². The lowest BCUT2D eigenvalue weighted by molar-refractivity contribution is -0.137. The van der Waals surface area contributed by atoms with Crippen LogP contribution in [0.3, 0.4) is 0 Å². The first-order chi connectivity index (χ1) is 9.06. The van der Waals surface area contributed by atoms with Gasteiger partial charge in [0, 0.05) is 19.6 Å². The van der Waals surface area contributed by atoms with Crippen molar-refractivity contribution in [2.45, 2.75) is 38.8 Å². The number of nitrogens with zero attached hydrogens (tertiary/aromatic N) is 1. The van der Waals surface area contributed by atoms with Crippen molar-refractivity contribution in [3.05, 3.63) is 29.8 Å². The summed E-state index contributed by atoms with van der Waals surface area (Å²) in [5.41, 5.74) is 0.593. The molecule has 1 aromatic carbocycles. The minimum absolute atomic E-state index is 0.112. The summed E-state index contributed by atoms with van der Waals surface area (Å²) >= 11 is 0. The lowest BCUT2D eigenvalue weighted by atomic mass is 9.90. The Hall–Kier alpha value is -1.55. The second kappa shape index (κ2) is 5.61. The van der Waals surface area contributed by atoms with Crippen LogP contribution in [-0.2, 0) is 11.3 Å². The van der Waals surface area contributed by atoms with E-state index in [9.17, 15) is 9.90 Å². The van der Waals surface area contributed by atoms with Gasteiger partial charge in [-0.25, -0.2) is 0 Å². The molecule has 0 aromatic heterocycles. The van der Waals surface area contributed by atoms with E-state index in [1.807, 2.05) is 19.1 Å². The molecule has 0 unspecified atom stereocenters. The number of nitrogens with one attached hydrogen (secondary N) is 1. The second-order valence-electron chi connectivity index (χ2n) is 5.37.